The summed E-state index contributed by atoms with van der Waals surface area (Å²) in [5, 5.41) is 8.53. The lowest BCUT2D eigenvalue weighted by Gasteiger charge is -2.33. The first-order chi connectivity index (χ1) is 20.5. The Bertz CT molecular complexity index is 1720. The number of nitrogens with zero attached hydrogens (tertiary/aromatic N) is 4. The van der Waals surface area contributed by atoms with Crippen molar-refractivity contribution in [3.8, 4) is 17.2 Å². The number of hydrogen-bond acceptors (Lipinski definition) is 7. The molecule has 1 aromatic heterocycles. The highest BCUT2D eigenvalue weighted by Crippen LogP contribution is 2.39. The summed E-state index contributed by atoms with van der Waals surface area (Å²) < 4.78 is 18.9. The molecule has 0 fully saturated rings. The van der Waals surface area contributed by atoms with Gasteiger partial charge in [0, 0.05) is 37.8 Å². The van der Waals surface area contributed by atoms with Crippen molar-refractivity contribution in [1.82, 2.24) is 15.0 Å². The van der Waals surface area contributed by atoms with Gasteiger partial charge in [-0.1, -0.05) is 47.7 Å². The number of aryl methyl sites for hydroxylation is 1. The summed E-state index contributed by atoms with van der Waals surface area (Å²) in [5.74, 6) is 1.85. The molecule has 2 heterocycles. The van der Waals surface area contributed by atoms with Crippen molar-refractivity contribution >= 4 is 22.7 Å². The molecule has 6 rings (SSSR count). The number of benzene rings is 4. The molecule has 0 N–H and O–H groups in total. The van der Waals surface area contributed by atoms with Crippen LogP contribution in [-0.2, 0) is 29.5 Å². The Kier molecular flexibility index (Phi) is 7.77. The number of esters is 1. The van der Waals surface area contributed by atoms with Crippen LogP contribution in [0.1, 0.15) is 41.5 Å². The van der Waals surface area contributed by atoms with Crippen molar-refractivity contribution in [3.05, 3.63) is 107 Å². The monoisotopic (exact) mass is 562 g/mol. The minimum absolute atomic E-state index is 0.214. The Morgan fingerprint density at radius 2 is 1.79 bits per heavy atom. The Morgan fingerprint density at radius 3 is 2.60 bits per heavy atom. The maximum atomic E-state index is 12.9. The van der Waals surface area contributed by atoms with E-state index in [1.807, 2.05) is 68.6 Å². The number of hydrogen-bond donors (Lipinski definition) is 0. The van der Waals surface area contributed by atoms with Crippen molar-refractivity contribution < 1.29 is 19.0 Å². The van der Waals surface area contributed by atoms with E-state index in [0.29, 0.717) is 12.4 Å². The van der Waals surface area contributed by atoms with Crippen LogP contribution in [-0.4, -0.2) is 41.2 Å². The maximum absolute atomic E-state index is 12.9. The van der Waals surface area contributed by atoms with Gasteiger partial charge in [-0.25, -0.2) is 4.68 Å². The van der Waals surface area contributed by atoms with E-state index in [1.54, 1.807) is 11.8 Å². The lowest BCUT2D eigenvalue weighted by molar-refractivity contribution is -0.143. The van der Waals surface area contributed by atoms with Crippen LogP contribution in [0, 0.1) is 0 Å². The standard InChI is InChI=1S/C34H34N4O4/c1-4-41-33(39)21-30(24-18-31-34(32(19-24)40-3)37(2)36-35-31)29-15-8-10-23-22-38(17-16-28(23)29)25-11-9-14-27(20-25)42-26-12-6-5-7-13-26/h5-15,18-20,30H,4,16-17,21-22H2,1-3H3. The van der Waals surface area contributed by atoms with Crippen LogP contribution in [0.25, 0.3) is 11.0 Å². The minimum atomic E-state index is -0.231. The van der Waals surface area contributed by atoms with Crippen LogP contribution in [0.2, 0.25) is 0 Å². The molecule has 0 spiro atoms. The van der Waals surface area contributed by atoms with Gasteiger partial charge < -0.3 is 19.1 Å². The van der Waals surface area contributed by atoms with Crippen LogP contribution in [0.4, 0.5) is 5.69 Å². The summed E-state index contributed by atoms with van der Waals surface area (Å²) >= 11 is 0. The van der Waals surface area contributed by atoms with Gasteiger partial charge in [0.15, 0.2) is 0 Å². The molecule has 0 amide bonds. The molecule has 1 unspecified atom stereocenters. The third-order valence-corrected chi connectivity index (χ3v) is 7.83. The largest absolute Gasteiger partial charge is 0.494 e. The van der Waals surface area contributed by atoms with Gasteiger partial charge in [0.2, 0.25) is 0 Å². The molecule has 1 atom stereocenters. The lowest BCUT2D eigenvalue weighted by atomic mass is 9.82. The molecule has 0 saturated carbocycles. The van der Waals surface area contributed by atoms with E-state index in [1.165, 1.54) is 11.1 Å². The van der Waals surface area contributed by atoms with Gasteiger partial charge in [0.25, 0.3) is 0 Å². The normalized spacial score (nSPS) is 13.5. The molecule has 0 aliphatic carbocycles. The Labute approximate surface area is 245 Å². The summed E-state index contributed by atoms with van der Waals surface area (Å²) in [7, 11) is 3.49. The number of carbonyl (C=O) groups is 1. The molecule has 42 heavy (non-hydrogen) atoms. The van der Waals surface area contributed by atoms with Gasteiger partial charge in [0.05, 0.1) is 20.1 Å². The van der Waals surface area contributed by atoms with E-state index in [4.69, 9.17) is 14.2 Å². The van der Waals surface area contributed by atoms with Crippen LogP contribution in [0.5, 0.6) is 17.2 Å². The van der Waals surface area contributed by atoms with Crippen molar-refractivity contribution in [2.75, 3.05) is 25.2 Å². The average molecular weight is 563 g/mol. The van der Waals surface area contributed by atoms with Gasteiger partial charge in [0.1, 0.15) is 28.3 Å². The second kappa shape index (κ2) is 11.9. The van der Waals surface area contributed by atoms with Crippen molar-refractivity contribution in [3.63, 3.8) is 0 Å². The maximum Gasteiger partial charge on any atom is 0.306 e. The number of carbonyl (C=O) groups excluding carboxylic acids is 1. The average Bonchev–Trinajstić information content (AvgIpc) is 3.40. The smallest absolute Gasteiger partial charge is 0.306 e. The Morgan fingerprint density at radius 1 is 0.976 bits per heavy atom. The molecule has 1 aliphatic heterocycles. The molecule has 8 nitrogen and oxygen atoms in total. The van der Waals surface area contributed by atoms with Gasteiger partial charge in [-0.15, -0.1) is 5.10 Å². The van der Waals surface area contributed by atoms with E-state index >= 15 is 0 Å². The lowest BCUT2D eigenvalue weighted by Crippen LogP contribution is -2.31. The van der Waals surface area contributed by atoms with Gasteiger partial charge in [-0.2, -0.15) is 0 Å². The molecular weight excluding hydrogens is 528 g/mol. The molecule has 4 aromatic carbocycles. The summed E-state index contributed by atoms with van der Waals surface area (Å²) in [4.78, 5) is 15.3. The molecular formula is C34H34N4O4. The first kappa shape index (κ1) is 27.3. The van der Waals surface area contributed by atoms with Gasteiger partial charge >= 0.3 is 5.97 Å². The molecule has 0 bridgehead atoms. The Balaban J connectivity index is 1.33. The second-order valence-electron chi connectivity index (χ2n) is 10.4. The first-order valence-electron chi connectivity index (χ1n) is 14.3. The number of para-hydroxylation sites is 1. The van der Waals surface area contributed by atoms with E-state index in [-0.39, 0.29) is 18.3 Å². The van der Waals surface area contributed by atoms with E-state index in [9.17, 15) is 4.79 Å². The first-order valence-corrected chi connectivity index (χ1v) is 14.3. The Hall–Kier alpha value is -4.85. The highest BCUT2D eigenvalue weighted by Gasteiger charge is 2.27. The summed E-state index contributed by atoms with van der Waals surface area (Å²) in [6.07, 6.45) is 1.07. The zero-order valence-corrected chi connectivity index (χ0v) is 24.1. The van der Waals surface area contributed by atoms with Crippen molar-refractivity contribution in [2.24, 2.45) is 7.05 Å². The molecule has 5 aromatic rings. The number of aromatic nitrogens is 3. The predicted octanol–water partition coefficient (Wildman–Crippen LogP) is 6.42. The number of rotatable bonds is 9. The summed E-state index contributed by atoms with van der Waals surface area (Å²) in [5.41, 5.74) is 7.27. The zero-order chi connectivity index (χ0) is 29.1. The van der Waals surface area contributed by atoms with Gasteiger partial charge in [-0.05, 0) is 72.0 Å². The summed E-state index contributed by atoms with van der Waals surface area (Å²) in [6, 6.07) is 28.5. The van der Waals surface area contributed by atoms with Crippen molar-refractivity contribution in [2.45, 2.75) is 32.2 Å². The molecule has 0 saturated heterocycles. The highest BCUT2D eigenvalue weighted by atomic mass is 16.5. The highest BCUT2D eigenvalue weighted by molar-refractivity contribution is 5.83. The molecule has 214 valence electrons. The minimum Gasteiger partial charge on any atom is -0.494 e. The van der Waals surface area contributed by atoms with Gasteiger partial charge in [-0.3, -0.25) is 4.79 Å². The van der Waals surface area contributed by atoms with Crippen LogP contribution < -0.4 is 14.4 Å². The van der Waals surface area contributed by atoms with E-state index in [2.05, 4.69) is 45.5 Å². The van der Waals surface area contributed by atoms with Crippen LogP contribution in [0.15, 0.2) is 84.9 Å². The number of ether oxygens (including phenoxy) is 3. The number of anilines is 1. The van der Waals surface area contributed by atoms with Crippen molar-refractivity contribution in [1.29, 1.82) is 0 Å². The zero-order valence-electron chi connectivity index (χ0n) is 24.1. The molecule has 8 heteroatoms. The quantitative estimate of drug-likeness (QED) is 0.192. The number of methoxy groups -OCH3 is 1. The number of fused-ring (bicyclic) bond motifs is 2. The van der Waals surface area contributed by atoms with E-state index in [0.717, 1.165) is 58.9 Å². The second-order valence-corrected chi connectivity index (χ2v) is 10.4. The molecule has 0 radical (unpaired) electrons. The SMILES string of the molecule is CCOC(=O)CC(c1cc(OC)c2c(c1)nnn2C)c1cccc2c1CCN(c1cccc(Oc3ccccc3)c1)C2. The van der Waals surface area contributed by atoms with Crippen LogP contribution >= 0.6 is 0 Å². The van der Waals surface area contributed by atoms with Crippen LogP contribution in [0.3, 0.4) is 0 Å². The third-order valence-electron chi connectivity index (χ3n) is 7.83. The molecule has 1 aliphatic rings. The third kappa shape index (κ3) is 5.52. The topological polar surface area (TPSA) is 78.7 Å². The fourth-order valence-corrected chi connectivity index (χ4v) is 5.88. The fraction of sp³-hybridized carbons (Fsp3) is 0.265. The van der Waals surface area contributed by atoms with E-state index < -0.39 is 0 Å². The fourth-order valence-electron chi connectivity index (χ4n) is 5.88. The summed E-state index contributed by atoms with van der Waals surface area (Å²) in [6.45, 7) is 3.78. The predicted molar refractivity (Wildman–Crippen MR) is 162 cm³/mol.